The number of hydrogen-bond acceptors (Lipinski definition) is 5. The standard InChI is InChI=1S/C17H19FN4O2/c18-14-4-2-1-3-12(14)8-22-9-13(11-23)16(10-22)21-17(24)15-7-19-5-6-20-15/h1-7,13,16,23H,8-11H2,(H,21,24)/t13-,16+/m0/s1. The number of likely N-dealkylation sites (tertiary alicyclic amines) is 1. The molecule has 24 heavy (non-hydrogen) atoms. The summed E-state index contributed by atoms with van der Waals surface area (Å²) in [5.74, 6) is -0.665. The molecule has 0 bridgehead atoms. The highest BCUT2D eigenvalue weighted by Gasteiger charge is 2.33. The van der Waals surface area contributed by atoms with E-state index in [1.54, 1.807) is 18.2 Å². The molecule has 6 nitrogen and oxygen atoms in total. The molecule has 2 aromatic rings. The molecule has 2 heterocycles. The molecule has 1 saturated heterocycles. The number of nitrogens with zero attached hydrogens (tertiary/aromatic N) is 3. The average molecular weight is 330 g/mol. The van der Waals surface area contributed by atoms with Crippen molar-refractivity contribution in [1.29, 1.82) is 0 Å². The number of hydrogen-bond donors (Lipinski definition) is 2. The van der Waals surface area contributed by atoms with Gasteiger partial charge in [0.2, 0.25) is 0 Å². The van der Waals surface area contributed by atoms with Gasteiger partial charge in [-0.2, -0.15) is 0 Å². The van der Waals surface area contributed by atoms with Crippen molar-refractivity contribution in [1.82, 2.24) is 20.2 Å². The molecule has 0 saturated carbocycles. The van der Waals surface area contributed by atoms with Crippen molar-refractivity contribution in [2.45, 2.75) is 12.6 Å². The van der Waals surface area contributed by atoms with Crippen molar-refractivity contribution in [2.75, 3.05) is 19.7 Å². The van der Waals surface area contributed by atoms with Gasteiger partial charge in [-0.15, -0.1) is 0 Å². The van der Waals surface area contributed by atoms with Gasteiger partial charge in [0.15, 0.2) is 0 Å². The second-order valence-corrected chi connectivity index (χ2v) is 5.90. The Balaban J connectivity index is 1.64. The number of benzene rings is 1. The van der Waals surface area contributed by atoms with Gasteiger partial charge in [-0.25, -0.2) is 9.37 Å². The molecule has 1 fully saturated rings. The number of carbonyl (C=O) groups is 1. The Labute approximate surface area is 139 Å². The van der Waals surface area contributed by atoms with Crippen molar-refractivity contribution in [2.24, 2.45) is 5.92 Å². The molecular weight excluding hydrogens is 311 g/mol. The van der Waals surface area contributed by atoms with Crippen LogP contribution in [0.15, 0.2) is 42.9 Å². The van der Waals surface area contributed by atoms with Crippen LogP contribution in [0, 0.1) is 11.7 Å². The van der Waals surface area contributed by atoms with Crippen molar-refractivity contribution in [3.63, 3.8) is 0 Å². The second kappa shape index (κ2) is 7.46. The predicted octanol–water partition coefficient (Wildman–Crippen LogP) is 0.838. The highest BCUT2D eigenvalue weighted by Crippen LogP contribution is 2.20. The lowest BCUT2D eigenvalue weighted by Gasteiger charge is -2.18. The molecule has 0 spiro atoms. The molecule has 3 rings (SSSR count). The average Bonchev–Trinajstić information content (AvgIpc) is 2.99. The van der Waals surface area contributed by atoms with Gasteiger partial charge in [0.05, 0.1) is 6.20 Å². The first-order valence-electron chi connectivity index (χ1n) is 7.81. The van der Waals surface area contributed by atoms with Crippen molar-refractivity contribution in [3.8, 4) is 0 Å². The first kappa shape index (κ1) is 16.5. The second-order valence-electron chi connectivity index (χ2n) is 5.90. The van der Waals surface area contributed by atoms with Crippen LogP contribution >= 0.6 is 0 Å². The first-order valence-corrected chi connectivity index (χ1v) is 7.81. The van der Waals surface area contributed by atoms with Gasteiger partial charge in [-0.05, 0) is 6.07 Å². The summed E-state index contributed by atoms with van der Waals surface area (Å²) in [7, 11) is 0. The van der Waals surface area contributed by atoms with Crippen LogP contribution in [0.1, 0.15) is 16.1 Å². The number of amides is 1. The van der Waals surface area contributed by atoms with Gasteiger partial charge < -0.3 is 10.4 Å². The van der Waals surface area contributed by atoms with Gasteiger partial charge >= 0.3 is 0 Å². The lowest BCUT2D eigenvalue weighted by Crippen LogP contribution is -2.41. The molecule has 0 radical (unpaired) electrons. The molecule has 2 N–H and O–H groups in total. The highest BCUT2D eigenvalue weighted by atomic mass is 19.1. The smallest absolute Gasteiger partial charge is 0.271 e. The zero-order valence-corrected chi connectivity index (χ0v) is 13.1. The molecule has 1 aliphatic rings. The van der Waals surface area contributed by atoms with E-state index < -0.39 is 0 Å². The summed E-state index contributed by atoms with van der Waals surface area (Å²) >= 11 is 0. The maximum Gasteiger partial charge on any atom is 0.271 e. The van der Waals surface area contributed by atoms with Crippen LogP contribution in [0.25, 0.3) is 0 Å². The van der Waals surface area contributed by atoms with E-state index in [4.69, 9.17) is 0 Å². The zero-order valence-electron chi connectivity index (χ0n) is 13.1. The number of rotatable bonds is 5. The topological polar surface area (TPSA) is 78.4 Å². The number of halogens is 1. The van der Waals surface area contributed by atoms with Crippen molar-refractivity contribution < 1.29 is 14.3 Å². The van der Waals surface area contributed by atoms with Crippen LogP contribution in [0.2, 0.25) is 0 Å². The molecule has 0 unspecified atom stereocenters. The van der Waals surface area contributed by atoms with Crippen molar-refractivity contribution in [3.05, 3.63) is 59.9 Å². The normalized spacial score (nSPS) is 20.9. The van der Waals surface area contributed by atoms with Crippen LogP contribution in [-0.4, -0.2) is 51.6 Å². The Morgan fingerprint density at radius 2 is 2.17 bits per heavy atom. The van der Waals surface area contributed by atoms with Crippen molar-refractivity contribution >= 4 is 5.91 Å². The highest BCUT2D eigenvalue weighted by molar-refractivity contribution is 5.92. The molecule has 7 heteroatoms. The number of aliphatic hydroxyl groups is 1. The Bertz CT molecular complexity index is 698. The third-order valence-corrected chi connectivity index (χ3v) is 4.22. The molecule has 0 aliphatic carbocycles. The maximum atomic E-state index is 13.8. The molecule has 1 aliphatic heterocycles. The quantitative estimate of drug-likeness (QED) is 0.849. The lowest BCUT2D eigenvalue weighted by molar-refractivity contribution is 0.0915. The molecule has 126 valence electrons. The van der Waals surface area contributed by atoms with E-state index in [1.807, 2.05) is 4.90 Å². The number of aliphatic hydroxyl groups excluding tert-OH is 1. The Kier molecular flexibility index (Phi) is 5.12. The molecule has 1 amide bonds. The minimum atomic E-state index is -0.320. The van der Waals surface area contributed by atoms with Gasteiger partial charge in [0, 0.05) is 56.2 Å². The molecular formula is C17H19FN4O2. The third kappa shape index (κ3) is 3.74. The van der Waals surface area contributed by atoms with Crippen LogP contribution in [0.4, 0.5) is 4.39 Å². The minimum Gasteiger partial charge on any atom is -0.396 e. The lowest BCUT2D eigenvalue weighted by atomic mass is 10.1. The maximum absolute atomic E-state index is 13.8. The van der Waals surface area contributed by atoms with Crippen LogP contribution in [0.5, 0.6) is 0 Å². The summed E-state index contributed by atoms with van der Waals surface area (Å²) < 4.78 is 13.8. The summed E-state index contributed by atoms with van der Waals surface area (Å²) in [6.07, 6.45) is 4.35. The summed E-state index contributed by atoms with van der Waals surface area (Å²) in [4.78, 5) is 22.1. The van der Waals surface area contributed by atoms with E-state index in [0.717, 1.165) is 0 Å². The third-order valence-electron chi connectivity index (χ3n) is 4.22. The van der Waals surface area contributed by atoms with Crippen LogP contribution < -0.4 is 5.32 Å². The summed E-state index contributed by atoms with van der Waals surface area (Å²) in [6.45, 7) is 1.54. The fourth-order valence-electron chi connectivity index (χ4n) is 2.96. The van der Waals surface area contributed by atoms with E-state index in [0.29, 0.717) is 25.2 Å². The first-order chi connectivity index (χ1) is 11.7. The fraction of sp³-hybridized carbons (Fsp3) is 0.353. The Morgan fingerprint density at radius 1 is 1.33 bits per heavy atom. The summed E-state index contributed by atoms with van der Waals surface area (Å²) in [5.41, 5.74) is 0.844. The van der Waals surface area contributed by atoms with Gasteiger partial charge in [0.1, 0.15) is 11.5 Å². The monoisotopic (exact) mass is 330 g/mol. The van der Waals surface area contributed by atoms with Gasteiger partial charge in [0.25, 0.3) is 5.91 Å². The van der Waals surface area contributed by atoms with E-state index in [2.05, 4.69) is 15.3 Å². The van der Waals surface area contributed by atoms with Crippen LogP contribution in [-0.2, 0) is 6.54 Å². The zero-order chi connectivity index (χ0) is 16.9. The van der Waals surface area contributed by atoms with Crippen LogP contribution in [0.3, 0.4) is 0 Å². The predicted molar refractivity (Wildman–Crippen MR) is 85.5 cm³/mol. The number of carbonyl (C=O) groups excluding carboxylic acids is 1. The Morgan fingerprint density at radius 3 is 2.88 bits per heavy atom. The SMILES string of the molecule is O=C(N[C@@H]1CN(Cc2ccccc2F)C[C@H]1CO)c1cnccn1. The van der Waals surface area contributed by atoms with Gasteiger partial charge in [-0.1, -0.05) is 18.2 Å². The molecule has 2 atom stereocenters. The largest absolute Gasteiger partial charge is 0.396 e. The minimum absolute atomic E-state index is 0.0425. The fourth-order valence-corrected chi connectivity index (χ4v) is 2.96. The van der Waals surface area contributed by atoms with E-state index in [-0.39, 0.29) is 36.0 Å². The number of aromatic nitrogens is 2. The van der Waals surface area contributed by atoms with E-state index in [9.17, 15) is 14.3 Å². The molecule has 1 aromatic heterocycles. The Hall–Kier alpha value is -2.38. The summed E-state index contributed by atoms with van der Waals surface area (Å²) in [6, 6.07) is 6.42. The molecule has 1 aromatic carbocycles. The summed E-state index contributed by atoms with van der Waals surface area (Å²) in [5, 5.41) is 12.5. The van der Waals surface area contributed by atoms with Gasteiger partial charge in [-0.3, -0.25) is 14.7 Å². The number of nitrogens with one attached hydrogen (secondary N) is 1. The van der Waals surface area contributed by atoms with E-state index >= 15 is 0 Å². The van der Waals surface area contributed by atoms with E-state index in [1.165, 1.54) is 24.7 Å².